The summed E-state index contributed by atoms with van der Waals surface area (Å²) in [5.41, 5.74) is 1.47. The Balaban J connectivity index is 2.25. The minimum Gasteiger partial charge on any atom is -0.440 e. The molecule has 0 saturated heterocycles. The number of hydrogen-bond donors (Lipinski definition) is 0. The van der Waals surface area contributed by atoms with Crippen molar-refractivity contribution in [2.45, 2.75) is 26.2 Å². The average Bonchev–Trinajstić information content (AvgIpc) is 2.65. The zero-order valence-electron chi connectivity index (χ0n) is 10.8. The quantitative estimate of drug-likeness (QED) is 0.724. The summed E-state index contributed by atoms with van der Waals surface area (Å²) in [4.78, 5) is 28.5. The lowest BCUT2D eigenvalue weighted by Crippen LogP contribution is -2.15. The van der Waals surface area contributed by atoms with E-state index in [0.717, 1.165) is 5.57 Å². The van der Waals surface area contributed by atoms with Crippen molar-refractivity contribution in [2.75, 3.05) is 0 Å². The molecule has 0 amide bonds. The van der Waals surface area contributed by atoms with Gasteiger partial charge in [0.2, 0.25) is 5.78 Å². The molecule has 0 aliphatic heterocycles. The van der Waals surface area contributed by atoms with E-state index in [1.54, 1.807) is 12.2 Å². The average molecular weight is 255 g/mol. The number of rotatable bonds is 1. The van der Waals surface area contributed by atoms with E-state index in [4.69, 9.17) is 4.42 Å². The van der Waals surface area contributed by atoms with Crippen molar-refractivity contribution in [3.05, 3.63) is 47.2 Å². The number of nitrogens with zero attached hydrogens (tertiary/aromatic N) is 1. The highest BCUT2D eigenvalue weighted by atomic mass is 16.4. The molecule has 3 rings (SSSR count). The molecule has 4 heteroatoms. The standard InChI is InChI=1S/C15H13NO3/c1-8(2)15-16-11-13(18)12(17)9-5-3-4-6-10(7-9)14(11)19-15/h3-6,8H,7H2,1-2H3. The Labute approximate surface area is 110 Å². The lowest BCUT2D eigenvalue weighted by Gasteiger charge is -2.01. The molecule has 1 aromatic rings. The molecule has 0 unspecified atom stereocenters. The van der Waals surface area contributed by atoms with Crippen molar-refractivity contribution in [1.29, 1.82) is 0 Å². The summed E-state index contributed by atoms with van der Waals surface area (Å²) in [6.07, 6.45) is 7.56. The Morgan fingerprint density at radius 3 is 2.47 bits per heavy atom. The number of oxazole rings is 1. The molecule has 0 fully saturated rings. The number of allylic oxidation sites excluding steroid dienone is 6. The Hall–Kier alpha value is -2.23. The third-order valence-electron chi connectivity index (χ3n) is 3.23. The molecule has 0 saturated carbocycles. The van der Waals surface area contributed by atoms with Gasteiger partial charge in [-0.1, -0.05) is 38.2 Å². The summed E-state index contributed by atoms with van der Waals surface area (Å²) in [6, 6.07) is 0. The van der Waals surface area contributed by atoms with Crippen molar-refractivity contribution in [2.24, 2.45) is 0 Å². The lowest BCUT2D eigenvalue weighted by molar-refractivity contribution is -0.111. The van der Waals surface area contributed by atoms with Crippen LogP contribution in [0, 0.1) is 0 Å². The van der Waals surface area contributed by atoms with Crippen LogP contribution in [0.2, 0.25) is 0 Å². The smallest absolute Gasteiger partial charge is 0.255 e. The van der Waals surface area contributed by atoms with Gasteiger partial charge >= 0.3 is 0 Å². The van der Waals surface area contributed by atoms with Crippen LogP contribution < -0.4 is 0 Å². The van der Waals surface area contributed by atoms with E-state index < -0.39 is 11.6 Å². The third-order valence-corrected chi connectivity index (χ3v) is 3.23. The topological polar surface area (TPSA) is 60.2 Å². The lowest BCUT2D eigenvalue weighted by atomic mass is 10.0. The summed E-state index contributed by atoms with van der Waals surface area (Å²) < 4.78 is 5.69. The first-order valence-corrected chi connectivity index (χ1v) is 6.24. The fourth-order valence-electron chi connectivity index (χ4n) is 2.19. The SMILES string of the molecule is CC(C)c1nc2c(o1)C1=CC=CC=C(C1)C(=O)C2=O. The van der Waals surface area contributed by atoms with Gasteiger partial charge in [-0.3, -0.25) is 9.59 Å². The number of carbonyl (C=O) groups excluding carboxylic acids is 2. The molecule has 2 aliphatic carbocycles. The minimum atomic E-state index is -0.574. The number of fused-ring (bicyclic) bond motifs is 4. The number of ketones is 2. The number of carbonyl (C=O) groups is 2. The van der Waals surface area contributed by atoms with E-state index in [1.165, 1.54) is 0 Å². The fourth-order valence-corrected chi connectivity index (χ4v) is 2.19. The molecule has 1 aromatic heterocycles. The molecule has 0 spiro atoms. The molecule has 4 nitrogen and oxygen atoms in total. The van der Waals surface area contributed by atoms with Crippen LogP contribution in [0.3, 0.4) is 0 Å². The van der Waals surface area contributed by atoms with Gasteiger partial charge in [0.25, 0.3) is 5.78 Å². The maximum atomic E-state index is 12.2. The van der Waals surface area contributed by atoms with Crippen molar-refractivity contribution in [1.82, 2.24) is 4.98 Å². The summed E-state index contributed by atoms with van der Waals surface area (Å²) in [7, 11) is 0. The Bertz CT molecular complexity index is 672. The van der Waals surface area contributed by atoms with E-state index >= 15 is 0 Å². The number of aromatic nitrogens is 1. The van der Waals surface area contributed by atoms with Crippen molar-refractivity contribution in [3.63, 3.8) is 0 Å². The molecule has 0 radical (unpaired) electrons. The summed E-state index contributed by atoms with van der Waals surface area (Å²) in [5, 5.41) is 0. The van der Waals surface area contributed by atoms with E-state index in [9.17, 15) is 9.59 Å². The molecule has 96 valence electrons. The van der Waals surface area contributed by atoms with E-state index in [-0.39, 0.29) is 11.6 Å². The van der Waals surface area contributed by atoms with Gasteiger partial charge in [0, 0.05) is 23.5 Å². The number of hydrogen-bond acceptors (Lipinski definition) is 4. The normalized spacial score (nSPS) is 17.8. The van der Waals surface area contributed by atoms with Gasteiger partial charge in [0.1, 0.15) is 0 Å². The van der Waals surface area contributed by atoms with Gasteiger partial charge < -0.3 is 4.42 Å². The summed E-state index contributed by atoms with van der Waals surface area (Å²) >= 11 is 0. The van der Waals surface area contributed by atoms with E-state index in [2.05, 4.69) is 4.98 Å². The highest BCUT2D eigenvalue weighted by Gasteiger charge is 2.34. The predicted molar refractivity (Wildman–Crippen MR) is 69.7 cm³/mol. The second-order valence-electron chi connectivity index (χ2n) is 4.99. The fraction of sp³-hybridized carbons (Fsp3) is 0.267. The molecule has 0 atom stereocenters. The number of Topliss-reactive ketones (excluding diaryl/α,β-unsaturated/α-hetero) is 2. The van der Waals surface area contributed by atoms with Crippen LogP contribution in [0.4, 0.5) is 0 Å². The van der Waals surface area contributed by atoms with E-state index in [1.807, 2.05) is 26.0 Å². The van der Waals surface area contributed by atoms with Crippen LogP contribution in [0.1, 0.15) is 48.3 Å². The second kappa shape index (κ2) is 4.16. The Morgan fingerprint density at radius 1 is 1.11 bits per heavy atom. The molecular formula is C15H13NO3. The van der Waals surface area contributed by atoms with Gasteiger partial charge in [0.05, 0.1) is 0 Å². The second-order valence-corrected chi connectivity index (χ2v) is 4.99. The van der Waals surface area contributed by atoms with E-state index in [0.29, 0.717) is 23.6 Å². The molecule has 0 aromatic carbocycles. The molecule has 1 heterocycles. The van der Waals surface area contributed by atoms with Crippen LogP contribution in [-0.4, -0.2) is 16.6 Å². The molecule has 2 bridgehead atoms. The van der Waals surface area contributed by atoms with Crippen LogP contribution >= 0.6 is 0 Å². The largest absolute Gasteiger partial charge is 0.440 e. The summed E-state index contributed by atoms with van der Waals surface area (Å²) in [5.74, 6) is -0.0492. The van der Waals surface area contributed by atoms with Crippen LogP contribution in [-0.2, 0) is 4.79 Å². The maximum Gasteiger partial charge on any atom is 0.255 e. The zero-order chi connectivity index (χ0) is 13.6. The third kappa shape index (κ3) is 1.80. The monoisotopic (exact) mass is 255 g/mol. The molecule has 0 N–H and O–H groups in total. The van der Waals surface area contributed by atoms with Gasteiger partial charge in [0.15, 0.2) is 17.3 Å². The van der Waals surface area contributed by atoms with Crippen molar-refractivity contribution < 1.29 is 14.0 Å². The predicted octanol–water partition coefficient (Wildman–Crippen LogP) is 2.83. The molecule has 2 aliphatic rings. The summed E-state index contributed by atoms with van der Waals surface area (Å²) in [6.45, 7) is 3.87. The molecule has 19 heavy (non-hydrogen) atoms. The van der Waals surface area contributed by atoms with Crippen molar-refractivity contribution in [3.8, 4) is 0 Å². The van der Waals surface area contributed by atoms with Crippen molar-refractivity contribution >= 4 is 17.1 Å². The Kier molecular flexibility index (Phi) is 2.59. The minimum absolute atomic E-state index is 0.0757. The van der Waals surface area contributed by atoms with Gasteiger partial charge in [-0.05, 0) is 0 Å². The Morgan fingerprint density at radius 2 is 1.79 bits per heavy atom. The van der Waals surface area contributed by atoms with Gasteiger partial charge in [-0.15, -0.1) is 0 Å². The first kappa shape index (κ1) is 11.8. The zero-order valence-corrected chi connectivity index (χ0v) is 10.8. The highest BCUT2D eigenvalue weighted by molar-refractivity contribution is 6.50. The highest BCUT2D eigenvalue weighted by Crippen LogP contribution is 2.34. The van der Waals surface area contributed by atoms with Crippen LogP contribution in [0.25, 0.3) is 5.57 Å². The van der Waals surface area contributed by atoms with Gasteiger partial charge in [-0.2, -0.15) is 0 Å². The van der Waals surface area contributed by atoms with Gasteiger partial charge in [-0.25, -0.2) is 4.98 Å². The first-order chi connectivity index (χ1) is 9.08. The molecular weight excluding hydrogens is 242 g/mol. The first-order valence-electron chi connectivity index (χ1n) is 6.24. The van der Waals surface area contributed by atoms with Crippen LogP contribution in [0.5, 0.6) is 0 Å². The maximum absolute atomic E-state index is 12.2. The van der Waals surface area contributed by atoms with Crippen LogP contribution in [0.15, 0.2) is 34.3 Å².